The Labute approximate surface area is 163 Å². The average molecular weight is 387 g/mol. The predicted octanol–water partition coefficient (Wildman–Crippen LogP) is 6.22. The van der Waals surface area contributed by atoms with Crippen molar-refractivity contribution in [2.24, 2.45) is 5.41 Å². The zero-order valence-corrected chi connectivity index (χ0v) is 16.2. The van der Waals surface area contributed by atoms with E-state index in [2.05, 4.69) is 24.5 Å². The maximum Gasteiger partial charge on any atom is 0.163 e. The largest absolute Gasteiger partial charge is 0.372 e. The molecule has 26 heavy (non-hydrogen) atoms. The summed E-state index contributed by atoms with van der Waals surface area (Å²) in [5, 5.41) is 8.11. The maximum atomic E-state index is 13.1. The van der Waals surface area contributed by atoms with Crippen molar-refractivity contribution in [2.45, 2.75) is 32.7 Å². The monoisotopic (exact) mass is 386 g/mol. The number of rotatable bonds is 1. The average Bonchev–Trinajstić information content (AvgIpc) is 2.70. The lowest BCUT2D eigenvalue weighted by Crippen LogP contribution is -2.31. The Morgan fingerprint density at radius 2 is 1.62 bits per heavy atom. The van der Waals surface area contributed by atoms with E-state index in [0.29, 0.717) is 16.5 Å². The summed E-state index contributed by atoms with van der Waals surface area (Å²) in [5.41, 5.74) is 4.22. The molecule has 0 unspecified atom stereocenters. The highest BCUT2D eigenvalue weighted by Gasteiger charge is 2.39. The van der Waals surface area contributed by atoms with Crippen molar-refractivity contribution in [2.75, 3.05) is 10.6 Å². The SMILES string of the molecule is CC1(C)CC(=O)C2=C(C1)Nc1ccccc1N[C@@H]2c1c(Cl)cccc1Cl. The Balaban J connectivity index is 1.95. The molecule has 3 nitrogen and oxygen atoms in total. The van der Waals surface area contributed by atoms with Gasteiger partial charge in [-0.05, 0) is 36.1 Å². The van der Waals surface area contributed by atoms with Gasteiger partial charge in [0.15, 0.2) is 5.78 Å². The van der Waals surface area contributed by atoms with Crippen molar-refractivity contribution >= 4 is 40.4 Å². The van der Waals surface area contributed by atoms with Gasteiger partial charge >= 0.3 is 0 Å². The molecule has 0 spiro atoms. The molecule has 0 aromatic heterocycles. The van der Waals surface area contributed by atoms with E-state index in [1.54, 1.807) is 0 Å². The number of halogens is 2. The molecule has 0 fully saturated rings. The number of carbonyl (C=O) groups excluding carboxylic acids is 1. The molecule has 0 radical (unpaired) electrons. The molecule has 0 saturated carbocycles. The molecule has 1 aliphatic heterocycles. The van der Waals surface area contributed by atoms with Gasteiger partial charge < -0.3 is 10.6 Å². The number of Topliss-reactive ketones (excluding diaryl/α,β-unsaturated/α-hetero) is 1. The van der Waals surface area contributed by atoms with Crippen molar-refractivity contribution < 1.29 is 4.79 Å². The minimum atomic E-state index is -0.383. The number of fused-ring (bicyclic) bond motifs is 1. The lowest BCUT2D eigenvalue weighted by molar-refractivity contribution is -0.118. The number of nitrogens with one attached hydrogen (secondary N) is 2. The molecule has 5 heteroatoms. The quantitative estimate of drug-likeness (QED) is 0.611. The first kappa shape index (κ1) is 17.4. The third-order valence-electron chi connectivity index (χ3n) is 5.01. The van der Waals surface area contributed by atoms with Crippen LogP contribution in [0, 0.1) is 5.41 Å². The van der Waals surface area contributed by atoms with Crippen LogP contribution in [0.4, 0.5) is 11.4 Å². The second-order valence-corrected chi connectivity index (χ2v) is 8.53. The van der Waals surface area contributed by atoms with Crippen LogP contribution < -0.4 is 10.6 Å². The van der Waals surface area contributed by atoms with Gasteiger partial charge in [0.1, 0.15) is 0 Å². The van der Waals surface area contributed by atoms with Crippen molar-refractivity contribution in [3.8, 4) is 0 Å². The number of para-hydroxylation sites is 2. The third-order valence-corrected chi connectivity index (χ3v) is 5.67. The molecule has 2 aliphatic rings. The molecular weight excluding hydrogens is 367 g/mol. The van der Waals surface area contributed by atoms with Gasteiger partial charge in [-0.3, -0.25) is 4.79 Å². The van der Waals surface area contributed by atoms with Crippen molar-refractivity contribution in [1.82, 2.24) is 0 Å². The van der Waals surface area contributed by atoms with Gasteiger partial charge in [-0.2, -0.15) is 0 Å². The van der Waals surface area contributed by atoms with Crippen LogP contribution in [0.25, 0.3) is 0 Å². The van der Waals surface area contributed by atoms with E-state index >= 15 is 0 Å². The van der Waals surface area contributed by atoms with Crippen LogP contribution in [0.15, 0.2) is 53.7 Å². The summed E-state index contributed by atoms with van der Waals surface area (Å²) in [6, 6.07) is 13.0. The number of allylic oxidation sites excluding steroid dienone is 1. The molecule has 134 valence electrons. The smallest absolute Gasteiger partial charge is 0.163 e. The minimum Gasteiger partial charge on any atom is -0.372 e. The van der Waals surface area contributed by atoms with Crippen LogP contribution in [0.1, 0.15) is 38.3 Å². The van der Waals surface area contributed by atoms with Crippen LogP contribution in [0.2, 0.25) is 10.0 Å². The standard InChI is InChI=1S/C21H20Cl2N2O/c1-21(2)10-16-19(17(26)11-21)20(18-12(22)6-5-7-13(18)23)25-15-9-4-3-8-14(15)24-16/h3-9,20,24-25H,10-11H2,1-2H3/t20-/m1/s1. The van der Waals surface area contributed by atoms with Crippen LogP contribution in [0.3, 0.4) is 0 Å². The summed E-state index contributed by atoms with van der Waals surface area (Å²) in [5.74, 6) is 0.130. The second kappa shape index (κ2) is 6.33. The van der Waals surface area contributed by atoms with Gasteiger partial charge in [0.05, 0.1) is 17.4 Å². The first-order chi connectivity index (χ1) is 12.4. The fourth-order valence-corrected chi connectivity index (χ4v) is 4.51. The predicted molar refractivity (Wildman–Crippen MR) is 108 cm³/mol. The van der Waals surface area contributed by atoms with Gasteiger partial charge in [-0.25, -0.2) is 0 Å². The van der Waals surface area contributed by atoms with Gasteiger partial charge in [-0.15, -0.1) is 0 Å². The molecule has 0 amide bonds. The molecule has 0 bridgehead atoms. The summed E-state index contributed by atoms with van der Waals surface area (Å²) >= 11 is 13.0. The molecule has 2 aromatic carbocycles. The van der Waals surface area contributed by atoms with Crippen molar-refractivity contribution in [3.05, 3.63) is 69.3 Å². The molecule has 0 saturated heterocycles. The maximum absolute atomic E-state index is 13.1. The Morgan fingerprint density at radius 3 is 2.31 bits per heavy atom. The highest BCUT2D eigenvalue weighted by molar-refractivity contribution is 6.36. The van der Waals surface area contributed by atoms with Crippen LogP contribution in [-0.4, -0.2) is 5.78 Å². The number of hydrogen-bond donors (Lipinski definition) is 2. The number of hydrogen-bond acceptors (Lipinski definition) is 3. The zero-order chi connectivity index (χ0) is 18.5. The van der Waals surface area contributed by atoms with Gasteiger partial charge in [0.25, 0.3) is 0 Å². The van der Waals surface area contributed by atoms with E-state index in [9.17, 15) is 4.79 Å². The van der Waals surface area contributed by atoms with Crippen LogP contribution in [-0.2, 0) is 4.79 Å². The van der Waals surface area contributed by atoms with Crippen LogP contribution >= 0.6 is 23.2 Å². The van der Waals surface area contributed by atoms with E-state index < -0.39 is 0 Å². The minimum absolute atomic E-state index is 0.0863. The number of benzene rings is 2. The summed E-state index contributed by atoms with van der Waals surface area (Å²) in [6.45, 7) is 4.25. The first-order valence-electron chi connectivity index (χ1n) is 8.68. The number of anilines is 2. The number of ketones is 1. The summed E-state index contributed by atoms with van der Waals surface area (Å²) in [4.78, 5) is 13.1. The Morgan fingerprint density at radius 1 is 0.962 bits per heavy atom. The first-order valence-corrected chi connectivity index (χ1v) is 9.44. The van der Waals surface area contributed by atoms with Gasteiger partial charge in [-0.1, -0.05) is 55.2 Å². The topological polar surface area (TPSA) is 41.1 Å². The molecule has 1 aliphatic carbocycles. The molecule has 1 atom stereocenters. The van der Waals surface area contributed by atoms with Crippen molar-refractivity contribution in [3.63, 3.8) is 0 Å². The highest BCUT2D eigenvalue weighted by atomic mass is 35.5. The highest BCUT2D eigenvalue weighted by Crippen LogP contribution is 2.47. The second-order valence-electron chi connectivity index (χ2n) is 7.72. The fraction of sp³-hybridized carbons (Fsp3) is 0.286. The normalized spacial score (nSPS) is 21.2. The lowest BCUT2D eigenvalue weighted by atomic mass is 9.73. The summed E-state index contributed by atoms with van der Waals surface area (Å²) < 4.78 is 0. The van der Waals surface area contributed by atoms with E-state index in [1.165, 1.54) is 0 Å². The lowest BCUT2D eigenvalue weighted by Gasteiger charge is -2.34. The summed E-state index contributed by atoms with van der Waals surface area (Å²) in [6.07, 6.45) is 1.30. The Kier molecular flexibility index (Phi) is 4.25. The van der Waals surface area contributed by atoms with E-state index in [-0.39, 0.29) is 17.2 Å². The molecule has 4 rings (SSSR count). The Bertz CT molecular complexity index is 913. The molecular formula is C21H20Cl2N2O. The van der Waals surface area contributed by atoms with Gasteiger partial charge in [0, 0.05) is 33.3 Å². The molecule has 1 heterocycles. The van der Waals surface area contributed by atoms with Gasteiger partial charge in [0.2, 0.25) is 0 Å². The Hall–Kier alpha value is -1.97. The zero-order valence-electron chi connectivity index (χ0n) is 14.7. The van der Waals surface area contributed by atoms with Crippen LogP contribution in [0.5, 0.6) is 0 Å². The van der Waals surface area contributed by atoms with E-state index in [1.807, 2.05) is 42.5 Å². The molecule has 2 aromatic rings. The molecule has 2 N–H and O–H groups in total. The summed E-state index contributed by atoms with van der Waals surface area (Å²) in [7, 11) is 0. The third kappa shape index (κ3) is 3.00. The number of carbonyl (C=O) groups is 1. The van der Waals surface area contributed by atoms with Crippen molar-refractivity contribution in [1.29, 1.82) is 0 Å². The van der Waals surface area contributed by atoms with E-state index in [4.69, 9.17) is 23.2 Å². The fourth-order valence-electron chi connectivity index (χ4n) is 3.89. The van der Waals surface area contributed by atoms with E-state index in [0.717, 1.165) is 34.6 Å².